The minimum Gasteiger partial charge on any atom is -0.333 e. The molecule has 82 valence electrons. The Morgan fingerprint density at radius 3 is 2.93 bits per heavy atom. The summed E-state index contributed by atoms with van der Waals surface area (Å²) in [7, 11) is 0. The van der Waals surface area contributed by atoms with E-state index in [0.717, 1.165) is 0 Å². The first-order valence-electron chi connectivity index (χ1n) is 4.84. The quantitative estimate of drug-likeness (QED) is 0.683. The number of piperidine rings is 1. The van der Waals surface area contributed by atoms with Crippen LogP contribution in [0.3, 0.4) is 0 Å². The van der Waals surface area contributed by atoms with Gasteiger partial charge in [0.2, 0.25) is 0 Å². The highest BCUT2D eigenvalue weighted by molar-refractivity contribution is 5.90. The van der Waals surface area contributed by atoms with Crippen molar-refractivity contribution >= 4 is 5.91 Å². The number of carbonyl (C=O) groups is 1. The zero-order valence-electron chi connectivity index (χ0n) is 8.45. The minimum absolute atomic E-state index is 0.0136. The second-order valence-corrected chi connectivity index (χ2v) is 3.70. The maximum absolute atomic E-state index is 12.7. The van der Waals surface area contributed by atoms with Gasteiger partial charge < -0.3 is 10.6 Å². The lowest BCUT2D eigenvalue weighted by molar-refractivity contribution is -0.132. The zero-order chi connectivity index (χ0) is 11.4. The van der Waals surface area contributed by atoms with E-state index >= 15 is 0 Å². The average Bonchev–Trinajstić information content (AvgIpc) is 2.17. The summed E-state index contributed by atoms with van der Waals surface area (Å²) in [6.45, 7) is 3.37. The van der Waals surface area contributed by atoms with Crippen molar-refractivity contribution in [1.29, 1.82) is 5.26 Å². The molecule has 0 bridgehead atoms. The summed E-state index contributed by atoms with van der Waals surface area (Å²) in [4.78, 5) is 12.7. The van der Waals surface area contributed by atoms with Crippen molar-refractivity contribution in [1.82, 2.24) is 4.90 Å². The van der Waals surface area contributed by atoms with E-state index in [1.54, 1.807) is 0 Å². The molecule has 0 aromatic carbocycles. The molecule has 1 heterocycles. The molecular formula is C10H14FN3O. The molecule has 1 rings (SSSR count). The first-order valence-corrected chi connectivity index (χ1v) is 4.84. The van der Waals surface area contributed by atoms with Gasteiger partial charge in [-0.25, -0.2) is 4.39 Å². The van der Waals surface area contributed by atoms with Crippen molar-refractivity contribution in [2.75, 3.05) is 6.54 Å². The molecule has 1 aliphatic rings. The highest BCUT2D eigenvalue weighted by Gasteiger charge is 2.31. The number of amides is 1. The molecule has 0 radical (unpaired) electrons. The number of hydrogen-bond acceptors (Lipinski definition) is 3. The third-order valence-corrected chi connectivity index (χ3v) is 2.58. The van der Waals surface area contributed by atoms with Gasteiger partial charge in [-0.05, 0) is 12.8 Å². The molecule has 1 aliphatic heterocycles. The SMILES string of the molecule is C=C(F)C(=O)N1CCC(N)C[C@H]1CC#N. The van der Waals surface area contributed by atoms with Gasteiger partial charge in [0.15, 0.2) is 5.83 Å². The number of rotatable bonds is 2. The summed E-state index contributed by atoms with van der Waals surface area (Å²) in [5.74, 6) is -1.70. The van der Waals surface area contributed by atoms with Crippen molar-refractivity contribution in [3.05, 3.63) is 12.4 Å². The van der Waals surface area contributed by atoms with Crippen LogP contribution in [0.4, 0.5) is 4.39 Å². The van der Waals surface area contributed by atoms with Crippen molar-refractivity contribution in [3.8, 4) is 6.07 Å². The molecular weight excluding hydrogens is 197 g/mol. The number of hydrogen-bond donors (Lipinski definition) is 1. The highest BCUT2D eigenvalue weighted by Crippen LogP contribution is 2.20. The Morgan fingerprint density at radius 1 is 1.73 bits per heavy atom. The van der Waals surface area contributed by atoms with Gasteiger partial charge in [0, 0.05) is 18.6 Å². The summed E-state index contributed by atoms with van der Waals surface area (Å²) in [5.41, 5.74) is 5.73. The number of halogens is 1. The molecule has 0 aromatic rings. The zero-order valence-corrected chi connectivity index (χ0v) is 8.45. The van der Waals surface area contributed by atoms with E-state index in [4.69, 9.17) is 11.0 Å². The summed E-state index contributed by atoms with van der Waals surface area (Å²) < 4.78 is 12.7. The molecule has 2 N–H and O–H groups in total. The molecule has 1 amide bonds. The van der Waals surface area contributed by atoms with Gasteiger partial charge in [-0.15, -0.1) is 0 Å². The standard InChI is InChI=1S/C10H14FN3O/c1-7(11)10(15)14-5-3-8(13)6-9(14)2-4-12/h8-9H,1-3,5-6,13H2/t8?,9-/m1/s1. The Hall–Kier alpha value is -1.41. The molecule has 0 spiro atoms. The molecule has 0 aliphatic carbocycles. The van der Waals surface area contributed by atoms with Crippen LogP contribution < -0.4 is 5.73 Å². The van der Waals surface area contributed by atoms with Crippen LogP contribution in [0.2, 0.25) is 0 Å². The number of nitrogens with zero attached hydrogens (tertiary/aromatic N) is 2. The van der Waals surface area contributed by atoms with Gasteiger partial charge in [0.05, 0.1) is 12.5 Å². The molecule has 0 saturated carbocycles. The average molecular weight is 211 g/mol. The number of nitrogens with two attached hydrogens (primary N) is 1. The fourth-order valence-electron chi connectivity index (χ4n) is 1.80. The van der Waals surface area contributed by atoms with Gasteiger partial charge in [-0.1, -0.05) is 6.58 Å². The highest BCUT2D eigenvalue weighted by atomic mass is 19.1. The van der Waals surface area contributed by atoms with E-state index in [0.29, 0.717) is 19.4 Å². The van der Waals surface area contributed by atoms with E-state index in [9.17, 15) is 9.18 Å². The number of likely N-dealkylation sites (tertiary alicyclic amines) is 1. The Bertz CT molecular complexity index is 310. The smallest absolute Gasteiger partial charge is 0.282 e. The topological polar surface area (TPSA) is 70.1 Å². The summed E-state index contributed by atoms with van der Waals surface area (Å²) >= 11 is 0. The van der Waals surface area contributed by atoms with Gasteiger partial charge >= 0.3 is 0 Å². The lowest BCUT2D eigenvalue weighted by Crippen LogP contribution is -2.49. The molecule has 15 heavy (non-hydrogen) atoms. The van der Waals surface area contributed by atoms with E-state index in [1.807, 2.05) is 6.07 Å². The first-order chi connectivity index (χ1) is 7.06. The predicted molar refractivity (Wildman–Crippen MR) is 53.2 cm³/mol. The normalized spacial score (nSPS) is 25.8. The second-order valence-electron chi connectivity index (χ2n) is 3.70. The monoisotopic (exact) mass is 211 g/mol. The summed E-state index contributed by atoms with van der Waals surface area (Å²) in [6, 6.07) is 1.69. The third kappa shape index (κ3) is 2.77. The Balaban J connectivity index is 2.73. The van der Waals surface area contributed by atoms with Gasteiger partial charge in [0.25, 0.3) is 5.91 Å². The molecule has 1 unspecified atom stereocenters. The van der Waals surface area contributed by atoms with E-state index in [1.165, 1.54) is 4.90 Å². The third-order valence-electron chi connectivity index (χ3n) is 2.58. The number of carbonyl (C=O) groups excluding carboxylic acids is 1. The number of nitriles is 1. The van der Waals surface area contributed by atoms with Crippen molar-refractivity contribution in [3.63, 3.8) is 0 Å². The van der Waals surface area contributed by atoms with Crippen LogP contribution in [-0.2, 0) is 4.79 Å². The van der Waals surface area contributed by atoms with Crippen LogP contribution in [0.1, 0.15) is 19.3 Å². The first kappa shape index (κ1) is 11.7. The maximum Gasteiger partial charge on any atom is 0.282 e. The minimum atomic E-state index is -0.978. The Morgan fingerprint density at radius 2 is 2.40 bits per heavy atom. The van der Waals surface area contributed by atoms with Gasteiger partial charge in [0.1, 0.15) is 0 Å². The van der Waals surface area contributed by atoms with Crippen molar-refractivity contribution in [2.24, 2.45) is 5.73 Å². The molecule has 2 atom stereocenters. The maximum atomic E-state index is 12.7. The lowest BCUT2D eigenvalue weighted by atomic mass is 9.96. The fourth-order valence-corrected chi connectivity index (χ4v) is 1.80. The lowest BCUT2D eigenvalue weighted by Gasteiger charge is -2.36. The van der Waals surface area contributed by atoms with E-state index < -0.39 is 11.7 Å². The van der Waals surface area contributed by atoms with E-state index in [-0.39, 0.29) is 18.5 Å². The van der Waals surface area contributed by atoms with Gasteiger partial charge in [-0.3, -0.25) is 4.79 Å². The second kappa shape index (κ2) is 4.89. The van der Waals surface area contributed by atoms with Crippen LogP contribution in [-0.4, -0.2) is 29.4 Å². The largest absolute Gasteiger partial charge is 0.333 e. The van der Waals surface area contributed by atoms with Gasteiger partial charge in [-0.2, -0.15) is 5.26 Å². The molecule has 5 heteroatoms. The van der Waals surface area contributed by atoms with Crippen LogP contribution in [0.15, 0.2) is 12.4 Å². The van der Waals surface area contributed by atoms with Crippen molar-refractivity contribution in [2.45, 2.75) is 31.3 Å². The summed E-state index contributed by atoms with van der Waals surface area (Å²) in [6.07, 6.45) is 1.38. The van der Waals surface area contributed by atoms with Crippen LogP contribution >= 0.6 is 0 Å². The molecule has 0 aromatic heterocycles. The predicted octanol–water partition coefficient (Wildman–Crippen LogP) is 0.702. The Kier molecular flexibility index (Phi) is 3.81. The summed E-state index contributed by atoms with van der Waals surface area (Å²) in [5, 5.41) is 8.60. The Labute approximate surface area is 88.1 Å². The van der Waals surface area contributed by atoms with E-state index in [2.05, 4.69) is 6.58 Å². The van der Waals surface area contributed by atoms with Crippen LogP contribution in [0.25, 0.3) is 0 Å². The van der Waals surface area contributed by atoms with Crippen LogP contribution in [0, 0.1) is 11.3 Å². The fraction of sp³-hybridized carbons (Fsp3) is 0.600. The van der Waals surface area contributed by atoms with Crippen LogP contribution in [0.5, 0.6) is 0 Å². The van der Waals surface area contributed by atoms with Crippen molar-refractivity contribution < 1.29 is 9.18 Å². The molecule has 1 fully saturated rings. The molecule has 1 saturated heterocycles. The molecule has 4 nitrogen and oxygen atoms in total.